The monoisotopic (exact) mass is 721 g/mol. The molecule has 6 rings (SSSR count). The van der Waals surface area contributed by atoms with Gasteiger partial charge in [0.2, 0.25) is 5.91 Å². The molecule has 3 aromatic carbocycles. The number of carboxylic acid groups (broad SMARTS) is 2. The molecule has 3 aromatic rings. The van der Waals surface area contributed by atoms with Crippen molar-refractivity contribution in [3.63, 3.8) is 0 Å². The van der Waals surface area contributed by atoms with E-state index < -0.39 is 29.3 Å². The Labute approximate surface area is 303 Å². The maximum Gasteiger partial charge on any atom is 0.335 e. The van der Waals surface area contributed by atoms with Crippen molar-refractivity contribution in [3.8, 4) is 5.75 Å². The van der Waals surface area contributed by atoms with Crippen LogP contribution in [0.5, 0.6) is 5.75 Å². The van der Waals surface area contributed by atoms with E-state index in [0.717, 1.165) is 42.6 Å². The van der Waals surface area contributed by atoms with Gasteiger partial charge in [0, 0.05) is 46.2 Å². The van der Waals surface area contributed by atoms with Crippen LogP contribution < -0.4 is 20.3 Å². The van der Waals surface area contributed by atoms with Crippen molar-refractivity contribution in [1.82, 2.24) is 5.32 Å². The van der Waals surface area contributed by atoms with E-state index in [0.29, 0.717) is 41.0 Å². The molecule has 50 heavy (non-hydrogen) atoms. The molecule has 1 aliphatic carbocycles. The zero-order valence-electron chi connectivity index (χ0n) is 28.8. The number of amides is 1. The topological polar surface area (TPSA) is 128 Å². The number of halogens is 2. The number of aliphatic carboxylic acids is 1. The molecule has 0 aromatic heterocycles. The van der Waals surface area contributed by atoms with Crippen LogP contribution in [-0.2, 0) is 15.0 Å². The molecule has 266 valence electrons. The molecule has 4 atom stereocenters. The number of hydrogen-bond acceptors (Lipinski definition) is 6. The van der Waals surface area contributed by atoms with Crippen LogP contribution in [0.2, 0.25) is 10.0 Å². The Morgan fingerprint density at radius 2 is 1.72 bits per heavy atom. The molecule has 1 spiro atoms. The Kier molecular flexibility index (Phi) is 10.1. The highest BCUT2D eigenvalue weighted by Gasteiger charge is 2.63. The van der Waals surface area contributed by atoms with E-state index in [9.17, 15) is 24.6 Å². The number of hydrogen-bond donors (Lipinski definition) is 4. The van der Waals surface area contributed by atoms with Gasteiger partial charge in [-0.25, -0.2) is 4.79 Å². The smallest absolute Gasteiger partial charge is 0.335 e. The first-order chi connectivity index (χ1) is 23.7. The normalized spacial score (nSPS) is 26.1. The standard InChI is InChI=1S/C39H45Cl2N3O6/c1-38(2,3)19-32-39(21-44(30-16-14-25(40)18-27(30)39)20-22-9-11-23(12-10-22)36(46)47)33(26-7-5-6-8-28(26)41)34(43-32)35(45)42-29-15-13-24(37(48)49)17-31(29)50-4/h5-8,13-18,22-23,32-34,43H,9-12,19-21H2,1-4H3,(H,42,45)(H,46,47)(H,48,49)/t22?,23?,32-,33-,34+,39-/m0/s1. The lowest BCUT2D eigenvalue weighted by Crippen LogP contribution is -2.48. The van der Waals surface area contributed by atoms with E-state index in [-0.39, 0.29) is 34.6 Å². The summed E-state index contributed by atoms with van der Waals surface area (Å²) in [4.78, 5) is 40.4. The summed E-state index contributed by atoms with van der Waals surface area (Å²) in [5.74, 6) is -2.23. The maximum absolute atomic E-state index is 14.6. The van der Waals surface area contributed by atoms with Crippen molar-refractivity contribution < 1.29 is 29.3 Å². The SMILES string of the molecule is COc1cc(C(=O)O)ccc1NC(=O)[C@@H]1N[C@@H](CC(C)(C)C)[C@@]2(CN(CC3CCC(C(=O)O)CC3)c3ccc(Cl)cc32)[C@H]1c1ccccc1Cl. The minimum atomic E-state index is -1.09. The minimum Gasteiger partial charge on any atom is -0.495 e. The molecule has 0 bridgehead atoms. The third-order valence-electron chi connectivity index (χ3n) is 10.9. The summed E-state index contributed by atoms with van der Waals surface area (Å²) in [6.07, 6.45) is 3.77. The number of fused-ring (bicyclic) bond motifs is 2. The highest BCUT2D eigenvalue weighted by Crippen LogP contribution is 2.59. The largest absolute Gasteiger partial charge is 0.495 e. The number of rotatable bonds is 9. The van der Waals surface area contributed by atoms with Gasteiger partial charge in [0.05, 0.1) is 30.3 Å². The maximum atomic E-state index is 14.6. The van der Waals surface area contributed by atoms with E-state index in [2.05, 4.69) is 42.4 Å². The van der Waals surface area contributed by atoms with Gasteiger partial charge in [-0.3, -0.25) is 9.59 Å². The molecule has 1 amide bonds. The minimum absolute atomic E-state index is 0.0490. The molecular formula is C39H45Cl2N3O6. The van der Waals surface area contributed by atoms with E-state index in [1.54, 1.807) is 6.07 Å². The van der Waals surface area contributed by atoms with Gasteiger partial charge in [-0.15, -0.1) is 0 Å². The quantitative estimate of drug-likeness (QED) is 0.176. The molecular weight excluding hydrogens is 677 g/mol. The van der Waals surface area contributed by atoms with Crippen LogP contribution >= 0.6 is 23.2 Å². The Bertz CT molecular complexity index is 1790. The molecule has 0 unspecified atom stereocenters. The number of methoxy groups -OCH3 is 1. The summed E-state index contributed by atoms with van der Waals surface area (Å²) >= 11 is 13.8. The van der Waals surface area contributed by atoms with Crippen molar-refractivity contribution in [1.29, 1.82) is 0 Å². The first kappa shape index (κ1) is 36.0. The summed E-state index contributed by atoms with van der Waals surface area (Å²) in [7, 11) is 1.44. The lowest BCUT2D eigenvalue weighted by Gasteiger charge is -2.41. The third kappa shape index (κ3) is 6.92. The Hall–Kier alpha value is -3.79. The number of carbonyl (C=O) groups is 3. The summed E-state index contributed by atoms with van der Waals surface area (Å²) < 4.78 is 5.50. The molecule has 2 aliphatic heterocycles. The number of carbonyl (C=O) groups excluding carboxylic acids is 1. The summed E-state index contributed by atoms with van der Waals surface area (Å²) in [5.41, 5.74) is 2.65. The van der Waals surface area contributed by atoms with Gasteiger partial charge in [0.15, 0.2) is 0 Å². The van der Waals surface area contributed by atoms with Gasteiger partial charge in [0.1, 0.15) is 5.75 Å². The van der Waals surface area contributed by atoms with E-state index in [1.807, 2.05) is 36.4 Å². The first-order valence-electron chi connectivity index (χ1n) is 17.2. The second-order valence-corrected chi connectivity index (χ2v) is 16.2. The summed E-state index contributed by atoms with van der Waals surface area (Å²) in [6.45, 7) is 7.97. The van der Waals surface area contributed by atoms with Crippen molar-refractivity contribution in [2.24, 2.45) is 17.3 Å². The van der Waals surface area contributed by atoms with Crippen LogP contribution in [0.25, 0.3) is 0 Å². The average molecular weight is 723 g/mol. The van der Waals surface area contributed by atoms with Gasteiger partial charge < -0.3 is 30.5 Å². The second-order valence-electron chi connectivity index (χ2n) is 15.3. The van der Waals surface area contributed by atoms with E-state index >= 15 is 0 Å². The fourth-order valence-electron chi connectivity index (χ4n) is 8.65. The number of anilines is 2. The van der Waals surface area contributed by atoms with Crippen LogP contribution in [0.15, 0.2) is 60.7 Å². The molecule has 3 aliphatic rings. The van der Waals surface area contributed by atoms with Crippen molar-refractivity contribution >= 4 is 52.4 Å². The van der Waals surface area contributed by atoms with Gasteiger partial charge in [0.25, 0.3) is 0 Å². The highest BCUT2D eigenvalue weighted by molar-refractivity contribution is 6.31. The van der Waals surface area contributed by atoms with Gasteiger partial charge in [-0.1, -0.05) is 62.2 Å². The van der Waals surface area contributed by atoms with Crippen LogP contribution in [0.1, 0.15) is 80.3 Å². The predicted octanol–water partition coefficient (Wildman–Crippen LogP) is 7.85. The third-order valence-corrected chi connectivity index (χ3v) is 11.4. The van der Waals surface area contributed by atoms with Gasteiger partial charge >= 0.3 is 11.9 Å². The zero-order valence-corrected chi connectivity index (χ0v) is 30.4. The van der Waals surface area contributed by atoms with Crippen LogP contribution in [0, 0.1) is 17.3 Å². The van der Waals surface area contributed by atoms with Crippen molar-refractivity contribution in [3.05, 3.63) is 87.4 Å². The van der Waals surface area contributed by atoms with Crippen LogP contribution in [0.4, 0.5) is 11.4 Å². The fourth-order valence-corrected chi connectivity index (χ4v) is 9.08. The number of carboxylic acids is 2. The molecule has 2 heterocycles. The number of nitrogens with one attached hydrogen (secondary N) is 2. The lowest BCUT2D eigenvalue weighted by molar-refractivity contribution is -0.143. The number of nitrogens with zero attached hydrogens (tertiary/aromatic N) is 1. The lowest BCUT2D eigenvalue weighted by atomic mass is 9.63. The molecule has 2 fully saturated rings. The molecule has 9 nitrogen and oxygen atoms in total. The molecule has 1 saturated carbocycles. The molecule has 1 saturated heterocycles. The van der Waals surface area contributed by atoms with E-state index in [4.69, 9.17) is 27.9 Å². The molecule has 11 heteroatoms. The summed E-state index contributed by atoms with van der Waals surface area (Å²) in [5, 5.41) is 27.2. The number of aromatic carboxylic acids is 1. The summed E-state index contributed by atoms with van der Waals surface area (Å²) in [6, 6.07) is 17.2. The van der Waals surface area contributed by atoms with Crippen LogP contribution in [-0.4, -0.2) is 60.3 Å². The Balaban J connectivity index is 1.46. The average Bonchev–Trinajstić information content (AvgIpc) is 3.54. The number of ether oxygens (including phenoxy) is 1. The number of benzene rings is 3. The second kappa shape index (κ2) is 14.1. The fraction of sp³-hybridized carbons (Fsp3) is 0.462. The van der Waals surface area contributed by atoms with E-state index in [1.165, 1.54) is 19.2 Å². The molecule has 4 N–H and O–H groups in total. The molecule has 0 radical (unpaired) electrons. The Morgan fingerprint density at radius 3 is 2.36 bits per heavy atom. The van der Waals surface area contributed by atoms with Crippen molar-refractivity contribution in [2.45, 2.75) is 76.3 Å². The zero-order chi connectivity index (χ0) is 36.0. The first-order valence-corrected chi connectivity index (χ1v) is 18.0. The van der Waals surface area contributed by atoms with Crippen molar-refractivity contribution in [2.75, 3.05) is 30.4 Å². The van der Waals surface area contributed by atoms with Gasteiger partial charge in [-0.2, -0.15) is 0 Å². The highest BCUT2D eigenvalue weighted by atomic mass is 35.5. The van der Waals surface area contributed by atoms with Gasteiger partial charge in [-0.05, 0) is 97.0 Å². The predicted molar refractivity (Wildman–Crippen MR) is 196 cm³/mol. The Morgan fingerprint density at radius 1 is 1.00 bits per heavy atom. The van der Waals surface area contributed by atoms with Crippen LogP contribution in [0.3, 0.4) is 0 Å².